The molecule has 47 heavy (non-hydrogen) atoms. The number of halogens is 1. The smallest absolute Gasteiger partial charge is 0.0930 e. The molecule has 0 aliphatic carbocycles. The first-order valence-electron chi connectivity index (χ1n) is 16.4. The predicted molar refractivity (Wildman–Crippen MR) is 206 cm³/mol. The molecule has 0 aliphatic heterocycles. The average Bonchev–Trinajstić information content (AvgIpc) is 3.05. The molecular formula is C43H48ClN3. The fraction of sp³-hybridized carbons (Fsp3) is 0.256. The van der Waals surface area contributed by atoms with Crippen molar-refractivity contribution in [1.82, 2.24) is 10.3 Å². The molecule has 0 amide bonds. The van der Waals surface area contributed by atoms with Crippen molar-refractivity contribution in [3.8, 4) is 11.1 Å². The molecule has 4 heteroatoms. The van der Waals surface area contributed by atoms with Crippen molar-refractivity contribution >= 4 is 35.1 Å². The standard InChI is InChI=1S/C43H48ClN3/c1-9-14-34-25-37(15-10-2)43(46-28-34)33(8)47-42-19-13-18-40(32(42)7)39-17-12-16-36(31(39)6)20-21-38-30(5)24-35(26-41(38)44)27-45-23-22-29(4)11-3/h10,12-19,24-26,28,45,47H,1,4,8,11,20-23,27H2,2-3,5-7H3/b15-10-. The molecule has 0 unspecified atom stereocenters. The van der Waals surface area contributed by atoms with Crippen molar-refractivity contribution in [2.45, 2.75) is 66.8 Å². The fourth-order valence-electron chi connectivity index (χ4n) is 5.98. The van der Waals surface area contributed by atoms with E-state index < -0.39 is 0 Å². The van der Waals surface area contributed by atoms with Gasteiger partial charge >= 0.3 is 0 Å². The number of rotatable bonds is 15. The maximum Gasteiger partial charge on any atom is 0.0930 e. The second-order valence-electron chi connectivity index (χ2n) is 12.1. The highest BCUT2D eigenvalue weighted by molar-refractivity contribution is 6.31. The largest absolute Gasteiger partial charge is 0.354 e. The zero-order valence-electron chi connectivity index (χ0n) is 28.7. The molecule has 0 aliphatic rings. The van der Waals surface area contributed by atoms with Crippen LogP contribution in [0, 0.1) is 20.8 Å². The molecule has 0 radical (unpaired) electrons. The summed E-state index contributed by atoms with van der Waals surface area (Å²) in [5.74, 6) is 0. The summed E-state index contributed by atoms with van der Waals surface area (Å²) in [5, 5.41) is 7.93. The molecule has 0 bridgehead atoms. The van der Waals surface area contributed by atoms with Crippen LogP contribution in [0.15, 0.2) is 97.9 Å². The minimum Gasteiger partial charge on any atom is -0.354 e. The van der Waals surface area contributed by atoms with Crippen LogP contribution < -0.4 is 10.6 Å². The van der Waals surface area contributed by atoms with Gasteiger partial charge < -0.3 is 10.6 Å². The number of aryl methyl sites for hydroxylation is 2. The Bertz CT molecular complexity index is 1820. The Morgan fingerprint density at radius 3 is 2.43 bits per heavy atom. The molecule has 4 aromatic rings. The van der Waals surface area contributed by atoms with Gasteiger partial charge in [0.25, 0.3) is 0 Å². The third-order valence-electron chi connectivity index (χ3n) is 8.80. The van der Waals surface area contributed by atoms with Crippen molar-refractivity contribution < 1.29 is 0 Å². The Morgan fingerprint density at radius 1 is 0.979 bits per heavy atom. The summed E-state index contributed by atoms with van der Waals surface area (Å²) < 4.78 is 0. The van der Waals surface area contributed by atoms with Crippen molar-refractivity contribution in [2.75, 3.05) is 11.9 Å². The highest BCUT2D eigenvalue weighted by atomic mass is 35.5. The van der Waals surface area contributed by atoms with Crippen LogP contribution in [-0.2, 0) is 19.4 Å². The monoisotopic (exact) mass is 641 g/mol. The van der Waals surface area contributed by atoms with E-state index in [4.69, 9.17) is 16.6 Å². The number of hydrogen-bond donors (Lipinski definition) is 2. The Kier molecular flexibility index (Phi) is 12.8. The second kappa shape index (κ2) is 17.0. The third-order valence-corrected chi connectivity index (χ3v) is 9.14. The quantitative estimate of drug-likeness (QED) is 0.0770. The van der Waals surface area contributed by atoms with Crippen LogP contribution in [-0.4, -0.2) is 11.5 Å². The summed E-state index contributed by atoms with van der Waals surface area (Å²) in [6.45, 7) is 24.6. The third kappa shape index (κ3) is 9.11. The van der Waals surface area contributed by atoms with Crippen LogP contribution >= 0.6 is 11.6 Å². The molecule has 0 saturated carbocycles. The predicted octanol–water partition coefficient (Wildman–Crippen LogP) is 11.5. The summed E-state index contributed by atoms with van der Waals surface area (Å²) in [7, 11) is 0. The number of pyridine rings is 1. The Hall–Kier alpha value is -4.40. The summed E-state index contributed by atoms with van der Waals surface area (Å²) in [5.41, 5.74) is 18.5. The van der Waals surface area contributed by atoms with Crippen LogP contribution in [0.2, 0.25) is 5.02 Å². The second-order valence-corrected chi connectivity index (χ2v) is 12.5. The maximum atomic E-state index is 6.86. The molecule has 1 aromatic heterocycles. The van der Waals surface area contributed by atoms with Gasteiger partial charge in [-0.05, 0) is 129 Å². The molecule has 4 rings (SSSR count). The first-order valence-corrected chi connectivity index (χ1v) is 16.8. The molecule has 1 heterocycles. The maximum absolute atomic E-state index is 6.86. The molecule has 0 atom stereocenters. The van der Waals surface area contributed by atoms with Gasteiger partial charge in [0.05, 0.1) is 11.4 Å². The number of allylic oxidation sites excluding steroid dienone is 1. The van der Waals surface area contributed by atoms with Crippen LogP contribution in [0.4, 0.5) is 5.69 Å². The SMILES string of the molecule is C=C=Cc1cnc(C(=C)Nc2cccc(-c3cccc(CCc4c(C)cc(CNCCC(=C)CC)cc4Cl)c3C)c2C)c(/C=C\C)c1. The normalized spacial score (nSPS) is 11.0. The van der Waals surface area contributed by atoms with Crippen molar-refractivity contribution in [1.29, 1.82) is 0 Å². The lowest BCUT2D eigenvalue weighted by molar-refractivity contribution is 0.677. The molecule has 0 saturated heterocycles. The van der Waals surface area contributed by atoms with E-state index in [0.29, 0.717) is 0 Å². The van der Waals surface area contributed by atoms with E-state index in [1.165, 1.54) is 44.5 Å². The molecule has 2 N–H and O–H groups in total. The fourth-order valence-corrected chi connectivity index (χ4v) is 6.37. The van der Waals surface area contributed by atoms with Crippen molar-refractivity contribution in [3.63, 3.8) is 0 Å². The van der Waals surface area contributed by atoms with Crippen molar-refractivity contribution in [3.05, 3.63) is 153 Å². The van der Waals surface area contributed by atoms with Crippen LogP contribution in [0.5, 0.6) is 0 Å². The molecule has 3 aromatic carbocycles. The summed E-state index contributed by atoms with van der Waals surface area (Å²) in [4.78, 5) is 4.71. The Balaban J connectivity index is 1.51. The van der Waals surface area contributed by atoms with Gasteiger partial charge in [-0.15, -0.1) is 5.73 Å². The lowest BCUT2D eigenvalue weighted by atomic mass is 9.90. The van der Waals surface area contributed by atoms with Crippen molar-refractivity contribution in [2.24, 2.45) is 0 Å². The summed E-state index contributed by atoms with van der Waals surface area (Å²) in [6.07, 6.45) is 11.5. The highest BCUT2D eigenvalue weighted by Crippen LogP contribution is 2.34. The van der Waals surface area contributed by atoms with E-state index in [1.807, 2.05) is 31.3 Å². The number of aromatic nitrogens is 1. The Labute approximate surface area is 287 Å². The number of nitrogens with zero attached hydrogens (tertiary/aromatic N) is 1. The molecule has 0 fully saturated rings. The molecule has 3 nitrogen and oxygen atoms in total. The summed E-state index contributed by atoms with van der Waals surface area (Å²) in [6, 6.07) is 19.5. The minimum atomic E-state index is 0.745. The minimum absolute atomic E-state index is 0.745. The van der Waals surface area contributed by atoms with Gasteiger partial charge in [0.15, 0.2) is 0 Å². The number of nitrogens with one attached hydrogen (secondary N) is 2. The zero-order valence-corrected chi connectivity index (χ0v) is 29.5. The van der Waals surface area contributed by atoms with Crippen LogP contribution in [0.3, 0.4) is 0 Å². The number of anilines is 1. The van der Waals surface area contributed by atoms with E-state index >= 15 is 0 Å². The van der Waals surface area contributed by atoms with Gasteiger partial charge in [0, 0.05) is 34.6 Å². The molecule has 0 spiro atoms. The van der Waals surface area contributed by atoms with E-state index in [-0.39, 0.29) is 0 Å². The summed E-state index contributed by atoms with van der Waals surface area (Å²) >= 11 is 6.86. The van der Waals surface area contributed by atoms with Gasteiger partial charge in [-0.3, -0.25) is 4.98 Å². The highest BCUT2D eigenvalue weighted by Gasteiger charge is 2.15. The van der Waals surface area contributed by atoms with E-state index in [1.54, 1.807) is 0 Å². The van der Waals surface area contributed by atoms with E-state index in [0.717, 1.165) is 77.6 Å². The Morgan fingerprint density at radius 2 is 1.72 bits per heavy atom. The molecular weight excluding hydrogens is 594 g/mol. The number of hydrogen-bond acceptors (Lipinski definition) is 3. The van der Waals surface area contributed by atoms with Gasteiger partial charge in [-0.2, -0.15) is 0 Å². The van der Waals surface area contributed by atoms with Gasteiger partial charge in [0.1, 0.15) is 0 Å². The van der Waals surface area contributed by atoms with E-state index in [2.05, 4.69) is 118 Å². The van der Waals surface area contributed by atoms with Gasteiger partial charge in [-0.25, -0.2) is 0 Å². The lowest BCUT2D eigenvalue weighted by Crippen LogP contribution is -2.15. The van der Waals surface area contributed by atoms with Crippen LogP contribution in [0.25, 0.3) is 29.0 Å². The topological polar surface area (TPSA) is 37.0 Å². The molecule has 242 valence electrons. The average molecular weight is 642 g/mol. The first kappa shape index (κ1) is 35.5. The lowest BCUT2D eigenvalue weighted by Gasteiger charge is -2.19. The van der Waals surface area contributed by atoms with Gasteiger partial charge in [0.2, 0.25) is 0 Å². The first-order chi connectivity index (χ1) is 22.7. The zero-order chi connectivity index (χ0) is 33.9. The van der Waals surface area contributed by atoms with Gasteiger partial charge in [-0.1, -0.05) is 92.4 Å². The van der Waals surface area contributed by atoms with Crippen LogP contribution in [0.1, 0.15) is 76.9 Å². The van der Waals surface area contributed by atoms with E-state index in [9.17, 15) is 0 Å². The number of benzene rings is 3.